The molecule has 0 aromatic carbocycles. The van der Waals surface area contributed by atoms with E-state index < -0.39 is 60.5 Å². The molecule has 1 saturated heterocycles. The van der Waals surface area contributed by atoms with Crippen LogP contribution in [0.1, 0.15) is 118 Å². The Morgan fingerprint density at radius 2 is 1.42 bits per heavy atom. The molecule has 0 spiro atoms. The number of amides is 1. The fourth-order valence-corrected chi connectivity index (χ4v) is 6.27. The van der Waals surface area contributed by atoms with Gasteiger partial charge in [0.1, 0.15) is 12.2 Å². The van der Waals surface area contributed by atoms with Gasteiger partial charge in [-0.3, -0.25) is 14.5 Å². The molecule has 1 fully saturated rings. The van der Waals surface area contributed by atoms with Crippen molar-refractivity contribution in [3.05, 3.63) is 0 Å². The van der Waals surface area contributed by atoms with Gasteiger partial charge < -0.3 is 41.3 Å². The lowest BCUT2D eigenvalue weighted by molar-refractivity contribution is -0.172. The number of nitrogens with zero attached hydrogens (tertiary/aromatic N) is 1. The third-order valence-electron chi connectivity index (χ3n) is 9.57. The molecule has 11 nitrogen and oxygen atoms in total. The van der Waals surface area contributed by atoms with E-state index in [1.165, 1.54) is 39.0 Å². The minimum absolute atomic E-state index is 0.0287. The van der Waals surface area contributed by atoms with Gasteiger partial charge in [0.05, 0.1) is 30.3 Å². The molecule has 0 aromatic heterocycles. The summed E-state index contributed by atoms with van der Waals surface area (Å²) in [7, 11) is 0. The molecule has 1 heterocycles. The third-order valence-corrected chi connectivity index (χ3v) is 9.57. The number of ether oxygens (including phenoxy) is 1. The molecule has 10 atom stereocenters. The van der Waals surface area contributed by atoms with Crippen LogP contribution in [0.5, 0.6) is 0 Å². The number of nitrogens with two attached hydrogens (primary N) is 1. The molecule has 1 aliphatic rings. The Bertz CT molecular complexity index is 805. The molecule has 8 N–H and O–H groups in total. The maximum absolute atomic E-state index is 12.8. The number of carbonyl (C=O) groups excluding carboxylic acids is 2. The first-order valence-corrected chi connectivity index (χ1v) is 17.7. The summed E-state index contributed by atoms with van der Waals surface area (Å²) in [5.41, 5.74) is 5.53. The number of nitrogens with one attached hydrogen (secondary N) is 1. The Morgan fingerprint density at radius 1 is 0.844 bits per heavy atom. The zero-order chi connectivity index (χ0) is 33.9. The van der Waals surface area contributed by atoms with Gasteiger partial charge >= 0.3 is 5.97 Å². The van der Waals surface area contributed by atoms with Crippen LogP contribution in [-0.2, 0) is 14.3 Å². The van der Waals surface area contributed by atoms with E-state index in [0.29, 0.717) is 32.5 Å². The molecule has 1 amide bonds. The van der Waals surface area contributed by atoms with Crippen LogP contribution in [0.3, 0.4) is 0 Å². The topological polar surface area (TPSA) is 186 Å². The molecule has 0 aliphatic carbocycles. The molecular formula is C34H67N3O8. The minimum Gasteiger partial charge on any atom is -0.459 e. The van der Waals surface area contributed by atoms with E-state index in [1.54, 1.807) is 20.8 Å². The van der Waals surface area contributed by atoms with Crippen LogP contribution in [-0.4, -0.2) is 111 Å². The van der Waals surface area contributed by atoms with E-state index in [9.17, 15) is 35.1 Å². The molecule has 1 rings (SSSR count). The number of esters is 1. The van der Waals surface area contributed by atoms with E-state index in [-0.39, 0.29) is 24.7 Å². The normalized spacial score (nSPS) is 32.8. The van der Waals surface area contributed by atoms with Crippen LogP contribution in [0.2, 0.25) is 0 Å². The van der Waals surface area contributed by atoms with Gasteiger partial charge in [-0.1, -0.05) is 65.7 Å². The summed E-state index contributed by atoms with van der Waals surface area (Å²) in [6.07, 6.45) is 4.70. The maximum atomic E-state index is 12.8. The highest BCUT2D eigenvalue weighted by atomic mass is 16.6. The van der Waals surface area contributed by atoms with Crippen molar-refractivity contribution in [3.8, 4) is 0 Å². The number of aliphatic hydroxyl groups excluding tert-OH is 5. The van der Waals surface area contributed by atoms with E-state index in [1.807, 2.05) is 11.8 Å². The Hall–Kier alpha value is -1.34. The quantitative estimate of drug-likeness (QED) is 0.0972. The first kappa shape index (κ1) is 41.7. The minimum atomic E-state index is -1.36. The summed E-state index contributed by atoms with van der Waals surface area (Å²) < 4.78 is 5.54. The Labute approximate surface area is 272 Å². The van der Waals surface area contributed by atoms with Gasteiger partial charge in [0.25, 0.3) is 0 Å². The number of unbranched alkanes of at least 4 members (excludes halogenated alkanes) is 8. The highest BCUT2D eigenvalue weighted by molar-refractivity contribution is 5.75. The summed E-state index contributed by atoms with van der Waals surface area (Å²) in [5, 5.41) is 57.5. The number of hydrogen-bond acceptors (Lipinski definition) is 10. The molecule has 0 radical (unpaired) electrons. The Kier molecular flexibility index (Phi) is 21.4. The lowest BCUT2D eigenvalue weighted by atomic mass is 9.85. The van der Waals surface area contributed by atoms with Gasteiger partial charge in [-0.25, -0.2) is 0 Å². The SMILES string of the molecule is CCC1OC(=O)[C@H](C)C(O)[C@@H](C)C(O)[C@H](O)C[C@H](C)CN(CCCNC(=O)CCCCCCCCCCCN)[C@H](C)[C@@H](O)[C@@H]1O. The molecule has 11 heteroatoms. The number of cyclic esters (lactones) is 1. The number of hydrogen-bond donors (Lipinski definition) is 7. The van der Waals surface area contributed by atoms with Crippen LogP contribution < -0.4 is 11.1 Å². The van der Waals surface area contributed by atoms with Crippen LogP contribution in [0.15, 0.2) is 0 Å². The number of carbonyl (C=O) groups is 2. The van der Waals surface area contributed by atoms with Crippen molar-refractivity contribution < 1.29 is 39.9 Å². The van der Waals surface area contributed by atoms with Crippen LogP contribution in [0, 0.1) is 17.8 Å². The molecule has 0 bridgehead atoms. The van der Waals surface area contributed by atoms with Crippen molar-refractivity contribution >= 4 is 11.9 Å². The van der Waals surface area contributed by atoms with Gasteiger partial charge in [0, 0.05) is 38.0 Å². The van der Waals surface area contributed by atoms with Gasteiger partial charge in [0.15, 0.2) is 0 Å². The average molecular weight is 646 g/mol. The summed E-state index contributed by atoms with van der Waals surface area (Å²) >= 11 is 0. The van der Waals surface area contributed by atoms with Crippen molar-refractivity contribution in [2.75, 3.05) is 26.2 Å². The second-order valence-corrected chi connectivity index (χ2v) is 13.6. The summed E-state index contributed by atoms with van der Waals surface area (Å²) in [4.78, 5) is 27.3. The Morgan fingerprint density at radius 3 is 2.00 bits per heavy atom. The highest BCUT2D eigenvalue weighted by Crippen LogP contribution is 2.26. The summed E-state index contributed by atoms with van der Waals surface area (Å²) in [6.45, 7) is 10.8. The van der Waals surface area contributed by atoms with Crippen LogP contribution >= 0.6 is 0 Å². The number of rotatable bonds is 16. The monoisotopic (exact) mass is 645 g/mol. The van der Waals surface area contributed by atoms with Crippen molar-refractivity contribution in [2.24, 2.45) is 23.5 Å². The molecule has 3 unspecified atom stereocenters. The lowest BCUT2D eigenvalue weighted by Crippen LogP contribution is -2.53. The molecule has 0 aromatic rings. The standard InChI is InChI=1S/C34H67N3O8/c1-6-28-33(43)32(42)26(5)37(20-16-19-36-29(39)17-14-12-10-8-7-9-11-13-15-18-35)22-23(2)21-27(38)31(41)24(3)30(40)25(4)34(44)45-28/h23-28,30-33,38,40-43H,6-22,35H2,1-5H3,(H,36,39)/t23-,24+,25+,26+,27+,28?,30?,31?,32+,33+/m0/s1. The smallest absolute Gasteiger partial charge is 0.311 e. The Balaban J connectivity index is 2.73. The van der Waals surface area contributed by atoms with Crippen molar-refractivity contribution in [2.45, 2.75) is 161 Å². The van der Waals surface area contributed by atoms with Crippen molar-refractivity contribution in [3.63, 3.8) is 0 Å². The average Bonchev–Trinajstić information content (AvgIpc) is 3.02. The van der Waals surface area contributed by atoms with E-state index in [0.717, 1.165) is 32.2 Å². The fourth-order valence-electron chi connectivity index (χ4n) is 6.27. The number of aliphatic hydroxyl groups is 5. The van der Waals surface area contributed by atoms with E-state index >= 15 is 0 Å². The largest absolute Gasteiger partial charge is 0.459 e. The summed E-state index contributed by atoms with van der Waals surface area (Å²) in [5.74, 6) is -2.62. The van der Waals surface area contributed by atoms with Gasteiger partial charge in [-0.15, -0.1) is 0 Å². The van der Waals surface area contributed by atoms with Crippen molar-refractivity contribution in [1.29, 1.82) is 0 Å². The second-order valence-electron chi connectivity index (χ2n) is 13.6. The molecule has 0 saturated carbocycles. The van der Waals surface area contributed by atoms with Crippen molar-refractivity contribution in [1.82, 2.24) is 10.2 Å². The van der Waals surface area contributed by atoms with Gasteiger partial charge in [-0.2, -0.15) is 0 Å². The van der Waals surface area contributed by atoms with E-state index in [2.05, 4.69) is 5.32 Å². The third kappa shape index (κ3) is 15.4. The first-order valence-electron chi connectivity index (χ1n) is 17.7. The molecule has 45 heavy (non-hydrogen) atoms. The van der Waals surface area contributed by atoms with Gasteiger partial charge in [-0.05, 0) is 58.4 Å². The first-order chi connectivity index (χ1) is 21.3. The molecular weight excluding hydrogens is 578 g/mol. The summed E-state index contributed by atoms with van der Waals surface area (Å²) in [6, 6.07) is -0.527. The molecule has 266 valence electrons. The second kappa shape index (κ2) is 23.1. The predicted molar refractivity (Wildman–Crippen MR) is 176 cm³/mol. The maximum Gasteiger partial charge on any atom is 0.311 e. The van der Waals surface area contributed by atoms with Crippen LogP contribution in [0.4, 0.5) is 0 Å². The van der Waals surface area contributed by atoms with Crippen LogP contribution in [0.25, 0.3) is 0 Å². The molecule has 1 aliphatic heterocycles. The predicted octanol–water partition coefficient (Wildman–Crippen LogP) is 2.48. The zero-order valence-corrected chi connectivity index (χ0v) is 28.8. The van der Waals surface area contributed by atoms with Gasteiger partial charge in [0.2, 0.25) is 5.91 Å². The highest BCUT2D eigenvalue weighted by Gasteiger charge is 2.39. The fraction of sp³-hybridized carbons (Fsp3) is 0.941. The zero-order valence-electron chi connectivity index (χ0n) is 28.8. The lowest BCUT2D eigenvalue weighted by Gasteiger charge is -2.38. The van der Waals surface area contributed by atoms with E-state index in [4.69, 9.17) is 10.5 Å².